The maximum atomic E-state index is 5.62. The molecule has 1 unspecified atom stereocenters. The Hall–Kier alpha value is -0.340. The minimum absolute atomic E-state index is 0.0949. The molecule has 2 heteroatoms. The molecule has 0 saturated carbocycles. The van der Waals surface area contributed by atoms with Crippen LogP contribution in [0.4, 0.5) is 0 Å². The minimum atomic E-state index is -0.290. The Balaban J connectivity index is 3.95. The highest BCUT2D eigenvalue weighted by Crippen LogP contribution is 2.11. The van der Waals surface area contributed by atoms with E-state index in [9.17, 15) is 0 Å². The van der Waals surface area contributed by atoms with Crippen molar-refractivity contribution < 1.29 is 4.74 Å². The van der Waals surface area contributed by atoms with E-state index < -0.39 is 0 Å². The van der Waals surface area contributed by atoms with Crippen molar-refractivity contribution in [3.05, 3.63) is 12.7 Å². The van der Waals surface area contributed by atoms with Gasteiger partial charge in [-0.2, -0.15) is 0 Å². The van der Waals surface area contributed by atoms with Crippen molar-refractivity contribution in [3.63, 3.8) is 0 Å². The molecule has 0 spiro atoms. The second kappa shape index (κ2) is 2.99. The van der Waals surface area contributed by atoms with Crippen LogP contribution >= 0.6 is 0 Å². The first-order valence-electron chi connectivity index (χ1n) is 2.98. The van der Waals surface area contributed by atoms with Crippen LogP contribution in [0.2, 0.25) is 0 Å². The van der Waals surface area contributed by atoms with E-state index in [2.05, 4.69) is 6.58 Å². The lowest BCUT2D eigenvalue weighted by Crippen LogP contribution is -2.42. The summed E-state index contributed by atoms with van der Waals surface area (Å²) in [7, 11) is 1.64. The van der Waals surface area contributed by atoms with Crippen molar-refractivity contribution in [1.29, 1.82) is 0 Å². The van der Waals surface area contributed by atoms with Gasteiger partial charge in [0, 0.05) is 7.11 Å². The molecular formula is C7H15NO. The zero-order valence-corrected chi connectivity index (χ0v) is 6.35. The summed E-state index contributed by atoms with van der Waals surface area (Å²) in [5.41, 5.74) is 5.33. The van der Waals surface area contributed by atoms with Crippen LogP contribution in [0.5, 0.6) is 0 Å². The number of nitrogens with two attached hydrogens (primary N) is 1. The van der Waals surface area contributed by atoms with Crippen LogP contribution in [0.3, 0.4) is 0 Å². The van der Waals surface area contributed by atoms with Gasteiger partial charge < -0.3 is 10.5 Å². The average molecular weight is 129 g/mol. The van der Waals surface area contributed by atoms with Crippen LogP contribution in [-0.2, 0) is 4.74 Å². The molecule has 0 aliphatic heterocycles. The average Bonchev–Trinajstić information content (AvgIpc) is 1.86. The van der Waals surface area contributed by atoms with Crippen molar-refractivity contribution in [1.82, 2.24) is 0 Å². The first kappa shape index (κ1) is 8.66. The van der Waals surface area contributed by atoms with Crippen LogP contribution in [0.25, 0.3) is 0 Å². The first-order valence-corrected chi connectivity index (χ1v) is 2.98. The molecule has 54 valence electrons. The molecule has 0 amide bonds. The van der Waals surface area contributed by atoms with Gasteiger partial charge in [0.2, 0.25) is 0 Å². The standard InChI is InChI=1S/C7H15NO/c1-5-6(8)7(2,3)9-4/h5-6H,1,8H2,2-4H3. The summed E-state index contributed by atoms with van der Waals surface area (Å²) in [5, 5.41) is 0. The van der Waals surface area contributed by atoms with E-state index in [4.69, 9.17) is 10.5 Å². The quantitative estimate of drug-likeness (QED) is 0.575. The van der Waals surface area contributed by atoms with Gasteiger partial charge in [0.1, 0.15) is 0 Å². The topological polar surface area (TPSA) is 35.2 Å². The van der Waals surface area contributed by atoms with Gasteiger partial charge in [-0.15, -0.1) is 6.58 Å². The summed E-state index contributed by atoms with van der Waals surface area (Å²) in [6.07, 6.45) is 1.68. The number of ether oxygens (including phenoxy) is 1. The second-order valence-corrected chi connectivity index (χ2v) is 2.57. The van der Waals surface area contributed by atoms with Crippen LogP contribution in [0.15, 0.2) is 12.7 Å². The van der Waals surface area contributed by atoms with Gasteiger partial charge in [-0.25, -0.2) is 0 Å². The molecule has 0 aromatic heterocycles. The summed E-state index contributed by atoms with van der Waals surface area (Å²) in [6, 6.07) is -0.0949. The van der Waals surface area contributed by atoms with Crippen LogP contribution in [0.1, 0.15) is 13.8 Å². The maximum Gasteiger partial charge on any atom is 0.0808 e. The summed E-state index contributed by atoms with van der Waals surface area (Å²) >= 11 is 0. The van der Waals surface area contributed by atoms with Crippen molar-refractivity contribution in [2.45, 2.75) is 25.5 Å². The predicted octanol–water partition coefficient (Wildman–Crippen LogP) is 0.925. The maximum absolute atomic E-state index is 5.62. The SMILES string of the molecule is C=CC(N)C(C)(C)OC. The lowest BCUT2D eigenvalue weighted by Gasteiger charge is -2.27. The zero-order chi connectivity index (χ0) is 7.49. The molecule has 2 N–H and O–H groups in total. The highest BCUT2D eigenvalue weighted by Gasteiger charge is 2.22. The van der Waals surface area contributed by atoms with E-state index in [1.165, 1.54) is 0 Å². The molecule has 9 heavy (non-hydrogen) atoms. The van der Waals surface area contributed by atoms with E-state index in [0.717, 1.165) is 0 Å². The Bertz CT molecular complexity index is 99.1. The lowest BCUT2D eigenvalue weighted by atomic mass is 10.0. The molecule has 2 nitrogen and oxygen atoms in total. The summed E-state index contributed by atoms with van der Waals surface area (Å²) in [4.78, 5) is 0. The Morgan fingerprint density at radius 2 is 2.11 bits per heavy atom. The number of hydrogen-bond donors (Lipinski definition) is 1. The van der Waals surface area contributed by atoms with E-state index in [0.29, 0.717) is 0 Å². The largest absolute Gasteiger partial charge is 0.377 e. The van der Waals surface area contributed by atoms with Crippen LogP contribution in [-0.4, -0.2) is 18.8 Å². The Morgan fingerprint density at radius 3 is 2.22 bits per heavy atom. The van der Waals surface area contributed by atoms with Crippen molar-refractivity contribution in [2.24, 2.45) is 5.73 Å². The van der Waals surface area contributed by atoms with Gasteiger partial charge in [0.15, 0.2) is 0 Å². The van der Waals surface area contributed by atoms with E-state index >= 15 is 0 Å². The predicted molar refractivity (Wildman–Crippen MR) is 39.3 cm³/mol. The Kier molecular flexibility index (Phi) is 2.88. The third-order valence-electron chi connectivity index (χ3n) is 1.58. The van der Waals surface area contributed by atoms with Crippen molar-refractivity contribution >= 4 is 0 Å². The van der Waals surface area contributed by atoms with Crippen LogP contribution < -0.4 is 5.73 Å². The van der Waals surface area contributed by atoms with Gasteiger partial charge in [-0.05, 0) is 13.8 Å². The molecule has 0 fully saturated rings. The zero-order valence-electron chi connectivity index (χ0n) is 6.35. The van der Waals surface area contributed by atoms with Gasteiger partial charge >= 0.3 is 0 Å². The fourth-order valence-corrected chi connectivity index (χ4v) is 0.420. The minimum Gasteiger partial charge on any atom is -0.377 e. The lowest BCUT2D eigenvalue weighted by molar-refractivity contribution is 0.0126. The van der Waals surface area contributed by atoms with Gasteiger partial charge in [-0.1, -0.05) is 6.08 Å². The highest BCUT2D eigenvalue weighted by molar-refractivity contribution is 4.95. The fourth-order valence-electron chi connectivity index (χ4n) is 0.420. The molecular weight excluding hydrogens is 114 g/mol. The third kappa shape index (κ3) is 2.16. The summed E-state index contributed by atoms with van der Waals surface area (Å²) in [6.45, 7) is 7.43. The van der Waals surface area contributed by atoms with Gasteiger partial charge in [0.05, 0.1) is 11.6 Å². The van der Waals surface area contributed by atoms with Crippen LogP contribution in [0, 0.1) is 0 Å². The molecule has 0 saturated heterocycles. The molecule has 0 radical (unpaired) electrons. The summed E-state index contributed by atoms with van der Waals surface area (Å²) in [5.74, 6) is 0. The van der Waals surface area contributed by atoms with E-state index in [1.54, 1.807) is 13.2 Å². The van der Waals surface area contributed by atoms with Gasteiger partial charge in [-0.3, -0.25) is 0 Å². The Labute approximate surface area is 56.7 Å². The highest BCUT2D eigenvalue weighted by atomic mass is 16.5. The van der Waals surface area contributed by atoms with E-state index in [-0.39, 0.29) is 11.6 Å². The molecule has 0 aromatic carbocycles. The smallest absolute Gasteiger partial charge is 0.0808 e. The fraction of sp³-hybridized carbons (Fsp3) is 0.714. The van der Waals surface area contributed by atoms with Crippen molar-refractivity contribution in [3.8, 4) is 0 Å². The molecule has 0 aliphatic rings. The molecule has 0 aliphatic carbocycles. The molecule has 0 aromatic rings. The van der Waals surface area contributed by atoms with Crippen molar-refractivity contribution in [2.75, 3.05) is 7.11 Å². The summed E-state index contributed by atoms with van der Waals surface area (Å²) < 4.78 is 5.09. The molecule has 0 bridgehead atoms. The third-order valence-corrected chi connectivity index (χ3v) is 1.58. The number of rotatable bonds is 3. The first-order chi connectivity index (χ1) is 4.04. The molecule has 0 heterocycles. The number of methoxy groups -OCH3 is 1. The second-order valence-electron chi connectivity index (χ2n) is 2.57. The van der Waals surface area contributed by atoms with Gasteiger partial charge in [0.25, 0.3) is 0 Å². The normalized spacial score (nSPS) is 15.1. The Morgan fingerprint density at radius 1 is 1.67 bits per heavy atom. The molecule has 0 rings (SSSR count). The van der Waals surface area contributed by atoms with E-state index in [1.807, 2.05) is 13.8 Å². The molecule has 1 atom stereocenters. The number of hydrogen-bond acceptors (Lipinski definition) is 2. The monoisotopic (exact) mass is 129 g/mol.